The Morgan fingerprint density at radius 3 is 2.25 bits per heavy atom. The molecule has 0 bridgehead atoms. The number of anilines is 1. The third-order valence-corrected chi connectivity index (χ3v) is 3.07. The summed E-state index contributed by atoms with van der Waals surface area (Å²) in [7, 11) is 0. The van der Waals surface area contributed by atoms with Crippen molar-refractivity contribution in [1.82, 2.24) is 0 Å². The van der Waals surface area contributed by atoms with Crippen molar-refractivity contribution >= 4 is 17.6 Å². The summed E-state index contributed by atoms with van der Waals surface area (Å²) in [4.78, 5) is 22.3. The van der Waals surface area contributed by atoms with Gasteiger partial charge in [0.25, 0.3) is 0 Å². The van der Waals surface area contributed by atoms with Gasteiger partial charge < -0.3 is 10.4 Å². The van der Waals surface area contributed by atoms with Crippen LogP contribution in [0.1, 0.15) is 12.0 Å². The first-order valence-corrected chi connectivity index (χ1v) is 5.95. The Hall–Kier alpha value is -2.05. The molecule has 0 radical (unpaired) electrons. The zero-order chi connectivity index (χ0) is 14.9. The van der Waals surface area contributed by atoms with Crippen molar-refractivity contribution in [2.24, 2.45) is 11.8 Å². The van der Waals surface area contributed by atoms with E-state index in [4.69, 9.17) is 5.11 Å². The van der Waals surface area contributed by atoms with E-state index in [9.17, 15) is 22.8 Å². The quantitative estimate of drug-likeness (QED) is 0.894. The molecule has 1 amide bonds. The van der Waals surface area contributed by atoms with Crippen LogP contribution in [0, 0.1) is 11.8 Å². The topological polar surface area (TPSA) is 66.4 Å². The highest BCUT2D eigenvalue weighted by Crippen LogP contribution is 2.39. The number of carbonyl (C=O) groups excluding carboxylic acids is 1. The number of carboxylic acid groups (broad SMARTS) is 1. The second kappa shape index (κ2) is 5.15. The van der Waals surface area contributed by atoms with Gasteiger partial charge in [0.1, 0.15) is 0 Å². The molecule has 2 rings (SSSR count). The molecule has 1 aromatic rings. The second-order valence-corrected chi connectivity index (χ2v) is 4.77. The molecule has 0 unspecified atom stereocenters. The van der Waals surface area contributed by atoms with Crippen LogP contribution in [0.4, 0.5) is 18.9 Å². The Labute approximate surface area is 112 Å². The smallest absolute Gasteiger partial charge is 0.393 e. The Kier molecular flexibility index (Phi) is 3.69. The van der Waals surface area contributed by atoms with E-state index in [1.807, 2.05) is 0 Å². The Morgan fingerprint density at radius 1 is 1.20 bits per heavy atom. The minimum Gasteiger partial charge on any atom is -0.481 e. The molecule has 7 heteroatoms. The third-order valence-electron chi connectivity index (χ3n) is 3.07. The number of aliphatic carboxylic acids is 1. The van der Waals surface area contributed by atoms with Crippen LogP contribution in [0.3, 0.4) is 0 Å². The van der Waals surface area contributed by atoms with E-state index in [0.717, 1.165) is 0 Å². The number of carbonyl (C=O) groups is 2. The maximum atomic E-state index is 12.2. The lowest BCUT2D eigenvalue weighted by Gasteiger charge is -2.08. The molecule has 4 nitrogen and oxygen atoms in total. The molecule has 0 aromatic heterocycles. The second-order valence-electron chi connectivity index (χ2n) is 4.77. The lowest BCUT2D eigenvalue weighted by atomic mass is 10.1. The van der Waals surface area contributed by atoms with E-state index in [0.29, 0.717) is 12.1 Å². The molecule has 1 fully saturated rings. The predicted octanol–water partition coefficient (Wildman–Crippen LogP) is 2.45. The number of hydrogen-bond donors (Lipinski definition) is 2. The molecule has 108 valence electrons. The summed E-state index contributed by atoms with van der Waals surface area (Å²) >= 11 is 0. The lowest BCUT2D eigenvalue weighted by molar-refractivity contribution is -0.139. The first kappa shape index (κ1) is 14.4. The van der Waals surface area contributed by atoms with E-state index in [-0.39, 0.29) is 5.56 Å². The van der Waals surface area contributed by atoms with Gasteiger partial charge in [0, 0.05) is 5.69 Å². The fraction of sp³-hybridized carbons (Fsp3) is 0.385. The van der Waals surface area contributed by atoms with Gasteiger partial charge in [0.05, 0.1) is 18.3 Å². The fourth-order valence-electron chi connectivity index (χ4n) is 1.93. The van der Waals surface area contributed by atoms with Crippen LogP contribution in [0.15, 0.2) is 24.3 Å². The summed E-state index contributed by atoms with van der Waals surface area (Å²) in [5, 5.41) is 11.2. The molecule has 1 aliphatic carbocycles. The van der Waals surface area contributed by atoms with Gasteiger partial charge in [-0.05, 0) is 24.1 Å². The van der Waals surface area contributed by atoms with Crippen molar-refractivity contribution in [2.75, 3.05) is 5.32 Å². The van der Waals surface area contributed by atoms with Crippen molar-refractivity contribution in [2.45, 2.75) is 19.0 Å². The SMILES string of the molecule is O=C(O)[C@H]1C[C@@H]1C(=O)Nc1ccc(CC(F)(F)F)cc1. The van der Waals surface area contributed by atoms with E-state index < -0.39 is 36.3 Å². The number of hydrogen-bond acceptors (Lipinski definition) is 2. The molecule has 1 saturated carbocycles. The minimum atomic E-state index is -4.27. The average molecular weight is 287 g/mol. The molecule has 1 aliphatic rings. The highest BCUT2D eigenvalue weighted by molar-refractivity contribution is 5.98. The van der Waals surface area contributed by atoms with Gasteiger partial charge in [-0.3, -0.25) is 9.59 Å². The third kappa shape index (κ3) is 3.72. The minimum absolute atomic E-state index is 0.102. The Morgan fingerprint density at radius 2 is 1.80 bits per heavy atom. The van der Waals surface area contributed by atoms with Crippen molar-refractivity contribution in [1.29, 1.82) is 0 Å². The van der Waals surface area contributed by atoms with Gasteiger partial charge in [-0.25, -0.2) is 0 Å². The molecular formula is C13H12F3NO3. The van der Waals surface area contributed by atoms with Crippen LogP contribution in [0.25, 0.3) is 0 Å². The molecule has 0 saturated heterocycles. The van der Waals surface area contributed by atoms with Crippen LogP contribution in [-0.2, 0) is 16.0 Å². The van der Waals surface area contributed by atoms with Gasteiger partial charge >= 0.3 is 12.1 Å². The summed E-state index contributed by atoms with van der Waals surface area (Å²) in [6.07, 6.45) is -4.99. The van der Waals surface area contributed by atoms with E-state index >= 15 is 0 Å². The number of carboxylic acids is 1. The molecule has 0 aliphatic heterocycles. The molecule has 2 atom stereocenters. The van der Waals surface area contributed by atoms with E-state index in [2.05, 4.69) is 5.32 Å². The van der Waals surface area contributed by atoms with Crippen LogP contribution >= 0.6 is 0 Å². The fourth-order valence-corrected chi connectivity index (χ4v) is 1.93. The first-order chi connectivity index (χ1) is 9.26. The van der Waals surface area contributed by atoms with Crippen LogP contribution in [0.2, 0.25) is 0 Å². The zero-order valence-electron chi connectivity index (χ0n) is 10.3. The molecule has 20 heavy (non-hydrogen) atoms. The van der Waals surface area contributed by atoms with Gasteiger partial charge in [-0.1, -0.05) is 12.1 Å². The number of alkyl halides is 3. The molecule has 0 spiro atoms. The number of amides is 1. The largest absolute Gasteiger partial charge is 0.481 e. The summed E-state index contributed by atoms with van der Waals surface area (Å²) in [6.45, 7) is 0. The first-order valence-electron chi connectivity index (χ1n) is 5.95. The number of halogens is 3. The average Bonchev–Trinajstić information content (AvgIpc) is 3.09. The van der Waals surface area contributed by atoms with Crippen LogP contribution in [0.5, 0.6) is 0 Å². The van der Waals surface area contributed by atoms with E-state index in [1.165, 1.54) is 24.3 Å². The van der Waals surface area contributed by atoms with Gasteiger partial charge in [0.2, 0.25) is 5.91 Å². The highest BCUT2D eigenvalue weighted by Gasteiger charge is 2.48. The molecule has 2 N–H and O–H groups in total. The number of rotatable bonds is 4. The Balaban J connectivity index is 1.91. The van der Waals surface area contributed by atoms with Crippen molar-refractivity contribution in [3.8, 4) is 0 Å². The van der Waals surface area contributed by atoms with Crippen molar-refractivity contribution in [3.05, 3.63) is 29.8 Å². The molecule has 1 aromatic carbocycles. The Bertz CT molecular complexity index is 525. The van der Waals surface area contributed by atoms with Gasteiger partial charge in [-0.15, -0.1) is 0 Å². The number of nitrogens with one attached hydrogen (secondary N) is 1. The van der Waals surface area contributed by atoms with Gasteiger partial charge in [0.15, 0.2) is 0 Å². The monoisotopic (exact) mass is 287 g/mol. The van der Waals surface area contributed by atoms with Crippen LogP contribution < -0.4 is 5.32 Å². The predicted molar refractivity (Wildman–Crippen MR) is 64.1 cm³/mol. The lowest BCUT2D eigenvalue weighted by Crippen LogP contribution is -2.17. The van der Waals surface area contributed by atoms with Gasteiger partial charge in [-0.2, -0.15) is 13.2 Å². The normalized spacial score (nSPS) is 21.4. The maximum Gasteiger partial charge on any atom is 0.393 e. The molecular weight excluding hydrogens is 275 g/mol. The molecule has 0 heterocycles. The van der Waals surface area contributed by atoms with E-state index in [1.54, 1.807) is 0 Å². The zero-order valence-corrected chi connectivity index (χ0v) is 10.3. The van der Waals surface area contributed by atoms with Crippen LogP contribution in [-0.4, -0.2) is 23.2 Å². The van der Waals surface area contributed by atoms with Crippen molar-refractivity contribution in [3.63, 3.8) is 0 Å². The summed E-state index contributed by atoms with van der Waals surface area (Å²) in [5.74, 6) is -2.63. The maximum absolute atomic E-state index is 12.2. The van der Waals surface area contributed by atoms with Crippen molar-refractivity contribution < 1.29 is 27.9 Å². The standard InChI is InChI=1S/C13H12F3NO3/c14-13(15,16)6-7-1-3-8(4-2-7)17-11(18)9-5-10(9)12(19)20/h1-4,9-10H,5-6H2,(H,17,18)(H,19,20)/t9-,10-/m0/s1. The highest BCUT2D eigenvalue weighted by atomic mass is 19.4. The summed E-state index contributed by atoms with van der Waals surface area (Å²) in [5.41, 5.74) is 0.460. The summed E-state index contributed by atoms with van der Waals surface area (Å²) in [6, 6.07) is 5.31. The summed E-state index contributed by atoms with van der Waals surface area (Å²) < 4.78 is 36.5. The number of benzene rings is 1.